The molecule has 0 bridgehead atoms. The number of benzene rings is 4. The van der Waals surface area contributed by atoms with Crippen molar-refractivity contribution < 1.29 is 9.85 Å². The van der Waals surface area contributed by atoms with Crippen LogP contribution in [0.2, 0.25) is 15.1 Å². The van der Waals surface area contributed by atoms with Crippen LogP contribution in [0.25, 0.3) is 21.8 Å². The minimum atomic E-state index is -0.540. The van der Waals surface area contributed by atoms with E-state index in [0.717, 1.165) is 21.5 Å². The SMILES string of the molecule is NCc1ccc(Cl)cc1.O=[N+]([O-])c1cnc2ccccc2c1Cl.O=[N+]([O-])c1cnc2ccccc2c1NCc1ccc(Cl)cc1. The molecule has 0 saturated carbocycles. The summed E-state index contributed by atoms with van der Waals surface area (Å²) in [5.74, 6) is 0. The number of nitrogens with zero attached hydrogens (tertiary/aromatic N) is 4. The number of nitrogens with one attached hydrogen (secondary N) is 1. The molecule has 6 aromatic rings. The fraction of sp³-hybridized carbons (Fsp3) is 0.0625. The number of hydrogen-bond donors (Lipinski definition) is 2. The predicted octanol–water partition coefficient (Wildman–Crippen LogP) is 9.00. The number of hydrogen-bond acceptors (Lipinski definition) is 8. The van der Waals surface area contributed by atoms with Crippen molar-refractivity contribution in [2.24, 2.45) is 5.73 Å². The third-order valence-corrected chi connectivity index (χ3v) is 7.27. The van der Waals surface area contributed by atoms with Gasteiger partial charge in [0.25, 0.3) is 0 Å². The number of fused-ring (bicyclic) bond motifs is 2. The number of anilines is 1. The molecule has 0 atom stereocenters. The van der Waals surface area contributed by atoms with Crippen LogP contribution in [-0.2, 0) is 13.1 Å². The monoisotopic (exact) mass is 662 g/mol. The number of halogens is 3. The lowest BCUT2D eigenvalue weighted by atomic mass is 10.1. The number of rotatable bonds is 6. The van der Waals surface area contributed by atoms with Crippen molar-refractivity contribution in [1.82, 2.24) is 9.97 Å². The maximum Gasteiger partial charge on any atom is 0.311 e. The van der Waals surface area contributed by atoms with E-state index in [1.165, 1.54) is 12.4 Å². The van der Waals surface area contributed by atoms with E-state index >= 15 is 0 Å². The Hall–Kier alpha value is -4.87. The molecule has 0 aliphatic rings. The normalized spacial score (nSPS) is 10.3. The average Bonchev–Trinajstić information content (AvgIpc) is 3.05. The van der Waals surface area contributed by atoms with Gasteiger partial charge in [-0.1, -0.05) is 95.5 Å². The van der Waals surface area contributed by atoms with Gasteiger partial charge in [0.1, 0.15) is 23.1 Å². The summed E-state index contributed by atoms with van der Waals surface area (Å²) in [7, 11) is 0. The lowest BCUT2D eigenvalue weighted by Crippen LogP contribution is -2.04. The Bertz CT molecular complexity index is 1940. The zero-order chi connectivity index (χ0) is 32.3. The molecule has 0 radical (unpaired) electrons. The van der Waals surface area contributed by atoms with Gasteiger partial charge in [0.2, 0.25) is 0 Å². The second-order valence-electron chi connectivity index (χ2n) is 9.33. The van der Waals surface area contributed by atoms with Gasteiger partial charge in [-0.05, 0) is 47.5 Å². The first-order chi connectivity index (χ1) is 21.7. The highest BCUT2D eigenvalue weighted by molar-refractivity contribution is 6.37. The summed E-state index contributed by atoms with van der Waals surface area (Å²) in [4.78, 5) is 28.9. The summed E-state index contributed by atoms with van der Waals surface area (Å²) in [5, 5.41) is 27.8. The number of nitro groups is 2. The number of pyridine rings is 2. The largest absolute Gasteiger partial charge is 0.375 e. The molecule has 0 saturated heterocycles. The van der Waals surface area contributed by atoms with Crippen molar-refractivity contribution in [3.63, 3.8) is 0 Å². The summed E-state index contributed by atoms with van der Waals surface area (Å²) in [6.07, 6.45) is 2.46. The quantitative estimate of drug-likeness (QED) is 0.132. The van der Waals surface area contributed by atoms with Crippen molar-refractivity contribution in [3.05, 3.63) is 156 Å². The van der Waals surface area contributed by atoms with Crippen molar-refractivity contribution in [2.45, 2.75) is 13.1 Å². The van der Waals surface area contributed by atoms with E-state index in [9.17, 15) is 20.2 Å². The van der Waals surface area contributed by atoms with Crippen LogP contribution >= 0.6 is 34.8 Å². The van der Waals surface area contributed by atoms with E-state index in [4.69, 9.17) is 40.5 Å². The molecule has 2 heterocycles. The van der Waals surface area contributed by atoms with Gasteiger partial charge < -0.3 is 11.1 Å². The summed E-state index contributed by atoms with van der Waals surface area (Å²) < 4.78 is 0. The van der Waals surface area contributed by atoms with Crippen LogP contribution in [0.4, 0.5) is 17.1 Å². The molecule has 0 fully saturated rings. The standard InChI is InChI=1S/C16H12ClN3O2.C9H5ClN2O2.C7H8ClN/c17-12-7-5-11(6-8-12)9-19-16-13-3-1-2-4-14(13)18-10-15(16)20(21)22;10-9-6-3-1-2-4-7(6)11-5-8(9)12(13)14;8-7-3-1-6(5-9)2-4-7/h1-8,10H,9H2,(H,18,19);1-5H;1-4H,5,9H2. The first kappa shape index (κ1) is 33.0. The fourth-order valence-electron chi connectivity index (χ4n) is 4.09. The summed E-state index contributed by atoms with van der Waals surface area (Å²) in [5.41, 5.74) is 9.10. The molecule has 0 amide bonds. The molecule has 0 unspecified atom stereocenters. The van der Waals surface area contributed by atoms with Gasteiger partial charge in [-0.15, -0.1) is 0 Å². The van der Waals surface area contributed by atoms with Gasteiger partial charge in [-0.3, -0.25) is 20.2 Å². The maximum absolute atomic E-state index is 11.2. The number of nitrogens with two attached hydrogens (primary N) is 1. The average molecular weight is 664 g/mol. The molecular formula is C32H25Cl3N6O4. The molecule has 10 nitrogen and oxygen atoms in total. The number of aromatic nitrogens is 2. The Morgan fingerprint density at radius 2 is 1.11 bits per heavy atom. The first-order valence-electron chi connectivity index (χ1n) is 13.3. The van der Waals surface area contributed by atoms with Gasteiger partial charge in [0.15, 0.2) is 0 Å². The number of para-hydroxylation sites is 2. The van der Waals surface area contributed by atoms with E-state index in [-0.39, 0.29) is 16.4 Å². The minimum Gasteiger partial charge on any atom is -0.375 e. The highest BCUT2D eigenvalue weighted by Crippen LogP contribution is 2.32. The second kappa shape index (κ2) is 15.7. The molecule has 2 aromatic heterocycles. The lowest BCUT2D eigenvalue weighted by molar-refractivity contribution is -0.384. The smallest absolute Gasteiger partial charge is 0.311 e. The van der Waals surface area contributed by atoms with Crippen LogP contribution < -0.4 is 11.1 Å². The highest BCUT2D eigenvalue weighted by atomic mass is 35.5. The topological polar surface area (TPSA) is 150 Å². The molecule has 0 aliphatic carbocycles. The Morgan fingerprint density at radius 1 is 0.644 bits per heavy atom. The molecular weight excluding hydrogens is 639 g/mol. The molecule has 0 aliphatic heterocycles. The van der Waals surface area contributed by atoms with Crippen LogP contribution in [0.5, 0.6) is 0 Å². The third-order valence-electron chi connectivity index (χ3n) is 6.37. The predicted molar refractivity (Wildman–Crippen MR) is 180 cm³/mol. The first-order valence-corrected chi connectivity index (χ1v) is 14.4. The van der Waals surface area contributed by atoms with Crippen molar-refractivity contribution in [3.8, 4) is 0 Å². The van der Waals surface area contributed by atoms with Gasteiger partial charge in [0.05, 0.1) is 20.9 Å². The Labute approximate surface area is 272 Å². The molecule has 0 spiro atoms. The van der Waals surface area contributed by atoms with Crippen LogP contribution in [0.15, 0.2) is 109 Å². The van der Waals surface area contributed by atoms with Crippen LogP contribution in [0, 0.1) is 20.2 Å². The van der Waals surface area contributed by atoms with Crippen LogP contribution in [0.3, 0.4) is 0 Å². The molecule has 3 N–H and O–H groups in total. The van der Waals surface area contributed by atoms with Gasteiger partial charge in [0, 0.05) is 33.9 Å². The van der Waals surface area contributed by atoms with Crippen molar-refractivity contribution >= 4 is 73.7 Å². The summed E-state index contributed by atoms with van der Waals surface area (Å²) in [6.45, 7) is 1.04. The van der Waals surface area contributed by atoms with Crippen LogP contribution in [0.1, 0.15) is 11.1 Å². The van der Waals surface area contributed by atoms with E-state index < -0.39 is 9.85 Å². The lowest BCUT2D eigenvalue weighted by Gasteiger charge is -2.10. The van der Waals surface area contributed by atoms with Crippen LogP contribution in [-0.4, -0.2) is 19.8 Å². The Balaban J connectivity index is 0.000000171. The fourth-order valence-corrected chi connectivity index (χ4v) is 4.62. The zero-order valence-corrected chi connectivity index (χ0v) is 25.7. The molecule has 13 heteroatoms. The van der Waals surface area contributed by atoms with Gasteiger partial charge >= 0.3 is 11.4 Å². The summed E-state index contributed by atoms with van der Waals surface area (Å²) >= 11 is 17.3. The maximum atomic E-state index is 11.2. The van der Waals surface area contributed by atoms with Crippen molar-refractivity contribution in [2.75, 3.05) is 5.32 Å². The van der Waals surface area contributed by atoms with E-state index in [0.29, 0.717) is 40.2 Å². The van der Waals surface area contributed by atoms with E-state index in [2.05, 4.69) is 15.3 Å². The molecule has 45 heavy (non-hydrogen) atoms. The van der Waals surface area contributed by atoms with Crippen molar-refractivity contribution in [1.29, 1.82) is 0 Å². The Morgan fingerprint density at radius 3 is 1.64 bits per heavy atom. The van der Waals surface area contributed by atoms with Gasteiger partial charge in [-0.2, -0.15) is 0 Å². The molecule has 6 rings (SSSR count). The molecule has 4 aromatic carbocycles. The third kappa shape index (κ3) is 8.84. The Kier molecular flexibility index (Phi) is 11.5. The summed E-state index contributed by atoms with van der Waals surface area (Å²) in [6, 6.07) is 29.2. The van der Waals surface area contributed by atoms with E-state index in [1.54, 1.807) is 36.4 Å². The van der Waals surface area contributed by atoms with E-state index in [1.807, 2.05) is 60.7 Å². The second-order valence-corrected chi connectivity index (χ2v) is 10.6. The van der Waals surface area contributed by atoms with Gasteiger partial charge in [-0.25, -0.2) is 9.97 Å². The zero-order valence-electron chi connectivity index (χ0n) is 23.4. The highest BCUT2D eigenvalue weighted by Gasteiger charge is 2.18. The molecule has 228 valence electrons. The minimum absolute atomic E-state index is 0.0346.